The van der Waals surface area contributed by atoms with Gasteiger partial charge < -0.3 is 9.80 Å². The summed E-state index contributed by atoms with van der Waals surface area (Å²) in [5.74, 6) is -0.197. The van der Waals surface area contributed by atoms with Crippen LogP contribution < -0.4 is 9.80 Å². The molecule has 8 heteroatoms. The minimum atomic E-state index is -0.0995. The van der Waals surface area contributed by atoms with E-state index in [1.165, 1.54) is 38.5 Å². The molecule has 0 unspecified atom stereocenters. The zero-order valence-electron chi connectivity index (χ0n) is 26.7. The van der Waals surface area contributed by atoms with E-state index in [1.54, 1.807) is 22.2 Å². The van der Waals surface area contributed by atoms with Gasteiger partial charge in [0.1, 0.15) is 0 Å². The molecule has 0 N–H and O–H groups in total. The summed E-state index contributed by atoms with van der Waals surface area (Å²) in [6.07, 6.45) is 16.6. The quantitative estimate of drug-likeness (QED) is 0.0540. The largest absolute Gasteiger partial charge is 0.309 e. The molecular weight excluding hydrogens is 572 g/mol. The number of amides is 2. The molecule has 8 nitrogen and oxygen atoms in total. The number of anilines is 2. The highest BCUT2D eigenvalue weighted by Crippen LogP contribution is 2.52. The average molecular weight is 611 g/mol. The smallest absolute Gasteiger partial charge is 0.260 e. The van der Waals surface area contributed by atoms with Gasteiger partial charge in [0.15, 0.2) is 5.69 Å². The average Bonchev–Trinajstić information content (AvgIpc) is 3.51. The van der Waals surface area contributed by atoms with Gasteiger partial charge in [-0.25, -0.2) is 4.85 Å². The molecule has 0 fully saturated rings. The van der Waals surface area contributed by atoms with E-state index in [4.69, 9.17) is 16.5 Å². The van der Waals surface area contributed by atoms with Gasteiger partial charge in [-0.1, -0.05) is 78.1 Å². The molecule has 5 aromatic rings. The Morgan fingerprint density at radius 2 is 1.15 bits per heavy atom. The van der Waals surface area contributed by atoms with Gasteiger partial charge in [0.25, 0.3) is 11.8 Å². The highest BCUT2D eigenvalue weighted by atomic mass is 16.2. The van der Waals surface area contributed by atoms with Crippen LogP contribution in [0.3, 0.4) is 0 Å². The van der Waals surface area contributed by atoms with Crippen molar-refractivity contribution in [3.8, 4) is 6.07 Å². The Morgan fingerprint density at radius 3 is 1.67 bits per heavy atom. The van der Waals surface area contributed by atoms with E-state index >= 15 is 0 Å². The molecule has 46 heavy (non-hydrogen) atoms. The summed E-state index contributed by atoms with van der Waals surface area (Å²) in [6.45, 7) is 13.8. The standard InChI is InChI=1S/C38H38N6O2/c1-4-6-8-10-12-14-16-43-27-18-23(20-39)29-33-30(27)24(37(43)45)22-42-36(33)32-26(40-3)19-28-31-25(21-41-35(29)34(31)32)38(46)44(28)17-15-13-11-9-7-5-2/h18-19,21-22H,4-17H2,1-2H3. The van der Waals surface area contributed by atoms with Crippen molar-refractivity contribution >= 4 is 72.2 Å². The zero-order valence-corrected chi connectivity index (χ0v) is 26.7. The lowest BCUT2D eigenvalue weighted by molar-refractivity contribution is 0.0984. The Bertz CT molecular complexity index is 1970. The molecule has 4 heterocycles. The molecule has 0 aliphatic carbocycles. The third-order valence-electron chi connectivity index (χ3n) is 9.97. The molecule has 3 aromatic carbocycles. The first-order valence-electron chi connectivity index (χ1n) is 17.0. The maximum Gasteiger partial charge on any atom is 0.260 e. The van der Waals surface area contributed by atoms with E-state index in [9.17, 15) is 14.9 Å². The lowest BCUT2D eigenvalue weighted by Crippen LogP contribution is -2.27. The van der Waals surface area contributed by atoms with Crippen molar-refractivity contribution in [1.82, 2.24) is 9.97 Å². The van der Waals surface area contributed by atoms with Crippen LogP contribution in [0.5, 0.6) is 0 Å². The molecule has 2 aromatic heterocycles. The van der Waals surface area contributed by atoms with Crippen LogP contribution in [-0.2, 0) is 0 Å². The number of hydrogen-bond donors (Lipinski definition) is 0. The highest BCUT2D eigenvalue weighted by molar-refractivity contribution is 6.42. The number of hydrogen-bond acceptors (Lipinski definition) is 5. The Balaban J connectivity index is 1.39. The Kier molecular flexibility index (Phi) is 7.90. The Hall–Kier alpha value is -4.82. The number of pyridine rings is 2. The number of unbranched alkanes of at least 4 members (excludes halogenated alkanes) is 10. The summed E-state index contributed by atoms with van der Waals surface area (Å²) < 4.78 is 0. The van der Waals surface area contributed by atoms with E-state index in [0.717, 1.165) is 60.7 Å². The predicted octanol–water partition coefficient (Wildman–Crippen LogP) is 9.59. The highest BCUT2D eigenvalue weighted by Gasteiger charge is 2.37. The van der Waals surface area contributed by atoms with Crippen LogP contribution in [0.15, 0.2) is 24.5 Å². The maximum atomic E-state index is 13.8. The van der Waals surface area contributed by atoms with Crippen molar-refractivity contribution in [3.05, 3.63) is 52.6 Å². The van der Waals surface area contributed by atoms with Crippen LogP contribution in [0.1, 0.15) is 117 Å². The van der Waals surface area contributed by atoms with E-state index in [0.29, 0.717) is 68.0 Å². The number of nitrogens with zero attached hydrogens (tertiary/aromatic N) is 6. The molecule has 0 saturated carbocycles. The summed E-state index contributed by atoms with van der Waals surface area (Å²) >= 11 is 0. The molecule has 7 rings (SSSR count). The van der Waals surface area contributed by atoms with Gasteiger partial charge in [0, 0.05) is 63.5 Å². The van der Waals surface area contributed by atoms with E-state index < -0.39 is 0 Å². The number of benzene rings is 3. The second kappa shape index (κ2) is 12.2. The first-order valence-corrected chi connectivity index (χ1v) is 17.0. The molecule has 0 radical (unpaired) electrons. The molecule has 2 aliphatic heterocycles. The minimum absolute atomic E-state index is 0.0976. The molecule has 0 bridgehead atoms. The van der Waals surface area contributed by atoms with Gasteiger partial charge in [-0.15, -0.1) is 0 Å². The van der Waals surface area contributed by atoms with Crippen molar-refractivity contribution in [2.75, 3.05) is 22.9 Å². The van der Waals surface area contributed by atoms with Gasteiger partial charge in [-0.2, -0.15) is 5.26 Å². The normalized spacial score (nSPS) is 13.7. The molecule has 0 saturated heterocycles. The second-order valence-electron chi connectivity index (χ2n) is 12.8. The van der Waals surface area contributed by atoms with Crippen LogP contribution >= 0.6 is 0 Å². The van der Waals surface area contributed by atoms with Gasteiger partial charge in [0.2, 0.25) is 0 Å². The predicted molar refractivity (Wildman–Crippen MR) is 184 cm³/mol. The third kappa shape index (κ3) is 4.46. The van der Waals surface area contributed by atoms with Crippen molar-refractivity contribution in [2.45, 2.75) is 90.9 Å². The topological polar surface area (TPSA) is 94.5 Å². The van der Waals surface area contributed by atoms with E-state index in [2.05, 4.69) is 24.8 Å². The Morgan fingerprint density at radius 1 is 0.674 bits per heavy atom. The van der Waals surface area contributed by atoms with Gasteiger partial charge in [0.05, 0.1) is 46.1 Å². The van der Waals surface area contributed by atoms with Crippen LogP contribution in [-0.4, -0.2) is 34.9 Å². The fourth-order valence-electron chi connectivity index (χ4n) is 7.70. The summed E-state index contributed by atoms with van der Waals surface area (Å²) in [4.78, 5) is 44.8. The summed E-state index contributed by atoms with van der Waals surface area (Å²) in [5.41, 5.74) is 4.48. The molecule has 2 amide bonds. The second-order valence-corrected chi connectivity index (χ2v) is 12.8. The van der Waals surface area contributed by atoms with Crippen LogP contribution in [0.4, 0.5) is 17.1 Å². The lowest BCUT2D eigenvalue weighted by Gasteiger charge is -2.20. The fourth-order valence-corrected chi connectivity index (χ4v) is 7.70. The zero-order chi connectivity index (χ0) is 31.9. The molecule has 2 aliphatic rings. The monoisotopic (exact) mass is 610 g/mol. The minimum Gasteiger partial charge on any atom is -0.309 e. The molecule has 232 valence electrons. The third-order valence-corrected chi connectivity index (χ3v) is 9.97. The first-order chi connectivity index (χ1) is 22.5. The van der Waals surface area contributed by atoms with Crippen LogP contribution in [0.2, 0.25) is 0 Å². The van der Waals surface area contributed by atoms with Crippen molar-refractivity contribution in [2.24, 2.45) is 0 Å². The van der Waals surface area contributed by atoms with E-state index in [-0.39, 0.29) is 11.8 Å². The van der Waals surface area contributed by atoms with Crippen molar-refractivity contribution < 1.29 is 9.59 Å². The van der Waals surface area contributed by atoms with Crippen LogP contribution in [0, 0.1) is 17.9 Å². The number of aromatic nitrogens is 2. The van der Waals surface area contributed by atoms with Gasteiger partial charge in [-0.3, -0.25) is 19.6 Å². The van der Waals surface area contributed by atoms with Crippen LogP contribution in [0.25, 0.3) is 48.2 Å². The Labute approximate surface area is 269 Å². The van der Waals surface area contributed by atoms with E-state index in [1.807, 2.05) is 12.1 Å². The number of carbonyl (C=O) groups excluding carboxylic acids is 2. The fraction of sp³-hybridized carbons (Fsp3) is 0.421. The summed E-state index contributed by atoms with van der Waals surface area (Å²) in [5, 5.41) is 14.7. The molecule has 0 spiro atoms. The number of nitriles is 1. The molecular formula is C38H38N6O2. The number of rotatable bonds is 14. The number of fused-ring (bicyclic) bond motifs is 2. The van der Waals surface area contributed by atoms with Crippen molar-refractivity contribution in [3.63, 3.8) is 0 Å². The first kappa shape index (κ1) is 29.9. The van der Waals surface area contributed by atoms with Gasteiger partial charge in [-0.05, 0) is 25.0 Å². The summed E-state index contributed by atoms with van der Waals surface area (Å²) in [6, 6.07) is 6.05. The number of carbonyl (C=O) groups is 2. The van der Waals surface area contributed by atoms with Crippen molar-refractivity contribution in [1.29, 1.82) is 5.26 Å². The maximum absolute atomic E-state index is 13.8. The SMILES string of the molecule is [C-]#[N+]c1cc2c3c(cnc4c5c(C#N)cc6c7c(cnc(c1c34)c75)C(=O)N6CCCCCCCC)C(=O)N2CCCCCCCC. The molecule has 0 atom stereocenters. The lowest BCUT2D eigenvalue weighted by atomic mass is 9.89. The summed E-state index contributed by atoms with van der Waals surface area (Å²) in [7, 11) is 0. The van der Waals surface area contributed by atoms with Gasteiger partial charge >= 0.3 is 0 Å².